The third-order valence-electron chi connectivity index (χ3n) is 3.39. The van der Waals surface area contributed by atoms with Gasteiger partial charge in [-0.15, -0.1) is 0 Å². The van der Waals surface area contributed by atoms with E-state index in [2.05, 4.69) is 0 Å². The lowest BCUT2D eigenvalue weighted by Crippen LogP contribution is -2.08. The van der Waals surface area contributed by atoms with Gasteiger partial charge in [-0.2, -0.15) is 0 Å². The molecular formula is C16H12Cl2O3. The molecule has 0 saturated carbocycles. The van der Waals surface area contributed by atoms with Crippen molar-refractivity contribution in [1.82, 2.24) is 0 Å². The Morgan fingerprint density at radius 3 is 2.48 bits per heavy atom. The van der Waals surface area contributed by atoms with Crippen LogP contribution in [0.15, 0.2) is 42.5 Å². The second-order valence-electron chi connectivity index (χ2n) is 4.74. The number of halogens is 2. The summed E-state index contributed by atoms with van der Waals surface area (Å²) >= 11 is 12.0. The first-order valence-corrected chi connectivity index (χ1v) is 7.14. The summed E-state index contributed by atoms with van der Waals surface area (Å²) in [6, 6.07) is 12.1. The molecule has 1 aliphatic rings. The van der Waals surface area contributed by atoms with E-state index < -0.39 is 6.10 Å². The molecule has 2 aromatic rings. The molecule has 5 heteroatoms. The highest BCUT2D eigenvalue weighted by Crippen LogP contribution is 2.44. The van der Waals surface area contributed by atoms with Gasteiger partial charge in [0.05, 0.1) is 7.11 Å². The predicted octanol–water partition coefficient (Wildman–Crippen LogP) is 4.32. The third-order valence-corrected chi connectivity index (χ3v) is 3.96. The minimum Gasteiger partial charge on any atom is -0.497 e. The van der Waals surface area contributed by atoms with Crippen molar-refractivity contribution in [2.45, 2.75) is 12.2 Å². The topological polar surface area (TPSA) is 38.8 Å². The van der Waals surface area contributed by atoms with Crippen LogP contribution in [0.5, 0.6) is 5.75 Å². The molecule has 1 aliphatic heterocycles. The summed E-state index contributed by atoms with van der Waals surface area (Å²) in [5.41, 5.74) is 1.38. The smallest absolute Gasteiger partial charge is 0.194 e. The van der Waals surface area contributed by atoms with Crippen molar-refractivity contribution in [3.8, 4) is 5.75 Å². The Labute approximate surface area is 132 Å². The molecule has 0 bridgehead atoms. The molecule has 1 fully saturated rings. The predicted molar refractivity (Wildman–Crippen MR) is 81.4 cm³/mol. The summed E-state index contributed by atoms with van der Waals surface area (Å²) in [4.78, 5) is 12.3. The van der Waals surface area contributed by atoms with Crippen molar-refractivity contribution in [2.75, 3.05) is 7.11 Å². The second kappa shape index (κ2) is 5.68. The maximum atomic E-state index is 12.3. The molecule has 1 heterocycles. The molecule has 0 N–H and O–H groups in total. The van der Waals surface area contributed by atoms with Crippen LogP contribution in [0.3, 0.4) is 0 Å². The Bertz CT molecular complexity index is 682. The molecule has 2 atom stereocenters. The highest BCUT2D eigenvalue weighted by molar-refractivity contribution is 6.35. The number of ether oxygens (including phenoxy) is 2. The van der Waals surface area contributed by atoms with Gasteiger partial charge in [0.25, 0.3) is 0 Å². The SMILES string of the molecule is COc1ccc(C(=O)C2OC2c2ccc(Cl)cc2Cl)cc1. The fourth-order valence-corrected chi connectivity index (χ4v) is 2.72. The zero-order valence-corrected chi connectivity index (χ0v) is 12.7. The minimum atomic E-state index is -0.489. The summed E-state index contributed by atoms with van der Waals surface area (Å²) in [6.07, 6.45) is -0.790. The molecule has 2 aromatic carbocycles. The zero-order chi connectivity index (χ0) is 15.0. The van der Waals surface area contributed by atoms with Crippen molar-refractivity contribution >= 4 is 29.0 Å². The molecule has 0 amide bonds. The van der Waals surface area contributed by atoms with Gasteiger partial charge in [0.2, 0.25) is 0 Å². The first-order chi connectivity index (χ1) is 10.1. The molecule has 2 unspecified atom stereocenters. The lowest BCUT2D eigenvalue weighted by Gasteiger charge is -2.02. The molecule has 0 radical (unpaired) electrons. The van der Waals surface area contributed by atoms with Crippen LogP contribution in [0.25, 0.3) is 0 Å². The summed E-state index contributed by atoms with van der Waals surface area (Å²) in [5, 5.41) is 1.07. The number of ketones is 1. The number of hydrogen-bond acceptors (Lipinski definition) is 3. The van der Waals surface area contributed by atoms with E-state index in [1.807, 2.05) is 0 Å². The third kappa shape index (κ3) is 2.91. The normalized spacial score (nSPS) is 20.1. The van der Waals surface area contributed by atoms with Crippen molar-refractivity contribution in [2.24, 2.45) is 0 Å². The number of epoxide rings is 1. The summed E-state index contributed by atoms with van der Waals surface area (Å²) in [5.74, 6) is 0.647. The van der Waals surface area contributed by atoms with Gasteiger partial charge in [0.15, 0.2) is 11.9 Å². The van der Waals surface area contributed by atoms with Gasteiger partial charge in [-0.3, -0.25) is 4.79 Å². The largest absolute Gasteiger partial charge is 0.497 e. The highest BCUT2D eigenvalue weighted by Gasteiger charge is 2.47. The van der Waals surface area contributed by atoms with Crippen LogP contribution in [-0.2, 0) is 4.74 Å². The molecule has 0 spiro atoms. The van der Waals surface area contributed by atoms with Crippen LogP contribution >= 0.6 is 23.2 Å². The Hall–Kier alpha value is -1.55. The number of carbonyl (C=O) groups excluding carboxylic acids is 1. The maximum Gasteiger partial charge on any atom is 0.194 e. The zero-order valence-electron chi connectivity index (χ0n) is 11.2. The van der Waals surface area contributed by atoms with E-state index in [0.29, 0.717) is 21.4 Å². The van der Waals surface area contributed by atoms with Gasteiger partial charge >= 0.3 is 0 Å². The summed E-state index contributed by atoms with van der Waals surface area (Å²) in [7, 11) is 1.58. The number of carbonyl (C=O) groups is 1. The van der Waals surface area contributed by atoms with E-state index in [1.165, 1.54) is 0 Å². The average Bonchev–Trinajstić information content (AvgIpc) is 3.27. The quantitative estimate of drug-likeness (QED) is 0.621. The van der Waals surface area contributed by atoms with Crippen LogP contribution in [0.1, 0.15) is 22.0 Å². The van der Waals surface area contributed by atoms with Gasteiger partial charge in [-0.05, 0) is 36.4 Å². The van der Waals surface area contributed by atoms with E-state index in [1.54, 1.807) is 49.6 Å². The van der Waals surface area contributed by atoms with Gasteiger partial charge < -0.3 is 9.47 Å². The second-order valence-corrected chi connectivity index (χ2v) is 5.58. The Morgan fingerprint density at radius 1 is 1.14 bits per heavy atom. The van der Waals surface area contributed by atoms with E-state index >= 15 is 0 Å². The number of rotatable bonds is 4. The number of hydrogen-bond donors (Lipinski definition) is 0. The van der Waals surface area contributed by atoms with Gasteiger partial charge in [-0.1, -0.05) is 29.3 Å². The van der Waals surface area contributed by atoms with Crippen LogP contribution in [-0.4, -0.2) is 19.0 Å². The molecule has 1 saturated heterocycles. The number of benzene rings is 2. The van der Waals surface area contributed by atoms with E-state index in [-0.39, 0.29) is 11.9 Å². The Morgan fingerprint density at radius 2 is 1.86 bits per heavy atom. The number of Topliss-reactive ketones (excluding diaryl/α,β-unsaturated/α-hetero) is 1. The molecule has 108 valence electrons. The lowest BCUT2D eigenvalue weighted by atomic mass is 10.0. The molecule has 3 nitrogen and oxygen atoms in total. The fourth-order valence-electron chi connectivity index (χ4n) is 2.20. The minimum absolute atomic E-state index is 0.0614. The number of methoxy groups -OCH3 is 1. The van der Waals surface area contributed by atoms with Crippen LogP contribution < -0.4 is 4.74 Å². The maximum absolute atomic E-state index is 12.3. The van der Waals surface area contributed by atoms with Gasteiger partial charge in [0.1, 0.15) is 11.9 Å². The molecular weight excluding hydrogens is 311 g/mol. The Balaban J connectivity index is 1.76. The first kappa shape index (κ1) is 14.4. The van der Waals surface area contributed by atoms with Crippen LogP contribution in [0.4, 0.5) is 0 Å². The summed E-state index contributed by atoms with van der Waals surface area (Å²) < 4.78 is 10.6. The van der Waals surface area contributed by atoms with Crippen LogP contribution in [0.2, 0.25) is 10.0 Å². The lowest BCUT2D eigenvalue weighted by molar-refractivity contribution is 0.0953. The van der Waals surface area contributed by atoms with Crippen LogP contribution in [0, 0.1) is 0 Å². The van der Waals surface area contributed by atoms with E-state index in [0.717, 1.165) is 5.56 Å². The van der Waals surface area contributed by atoms with Gasteiger partial charge in [0, 0.05) is 21.2 Å². The molecule has 0 aliphatic carbocycles. The first-order valence-electron chi connectivity index (χ1n) is 6.39. The van der Waals surface area contributed by atoms with E-state index in [4.69, 9.17) is 32.7 Å². The van der Waals surface area contributed by atoms with Crippen molar-refractivity contribution in [1.29, 1.82) is 0 Å². The summed E-state index contributed by atoms with van der Waals surface area (Å²) in [6.45, 7) is 0. The van der Waals surface area contributed by atoms with Crippen molar-refractivity contribution < 1.29 is 14.3 Å². The Kier molecular flexibility index (Phi) is 3.89. The van der Waals surface area contributed by atoms with Crippen molar-refractivity contribution in [3.05, 3.63) is 63.6 Å². The average molecular weight is 323 g/mol. The fraction of sp³-hybridized carbons (Fsp3) is 0.188. The standard InChI is InChI=1S/C16H12Cl2O3/c1-20-11-5-2-9(3-6-11)14(19)16-15(21-16)12-7-4-10(17)8-13(12)18/h2-8,15-16H,1H3. The monoisotopic (exact) mass is 322 g/mol. The molecule has 21 heavy (non-hydrogen) atoms. The van der Waals surface area contributed by atoms with E-state index in [9.17, 15) is 4.79 Å². The highest BCUT2D eigenvalue weighted by atomic mass is 35.5. The molecule has 3 rings (SSSR count). The van der Waals surface area contributed by atoms with Gasteiger partial charge in [-0.25, -0.2) is 0 Å². The molecule has 0 aromatic heterocycles. The van der Waals surface area contributed by atoms with Crippen molar-refractivity contribution in [3.63, 3.8) is 0 Å².